The summed E-state index contributed by atoms with van der Waals surface area (Å²) < 4.78 is 16.0. The Morgan fingerprint density at radius 2 is 0.659 bits per heavy atom. The maximum absolute atomic E-state index is 6.86. The second-order valence-corrected chi connectivity index (χ2v) is 34.4. The van der Waals surface area contributed by atoms with E-state index in [1.807, 2.05) is 0 Å². The molecule has 0 N–H and O–H groups in total. The predicted molar refractivity (Wildman–Crippen MR) is 523 cm³/mol. The van der Waals surface area contributed by atoms with Crippen molar-refractivity contribution in [1.82, 2.24) is 9.55 Å². The summed E-state index contributed by atoms with van der Waals surface area (Å²) in [4.78, 5) is 10.0. The van der Waals surface area contributed by atoms with Crippen LogP contribution < -0.4 is 9.80 Å². The fourth-order valence-electron chi connectivity index (χ4n) is 19.5. The number of aromatic nitrogens is 2. The Morgan fingerprint density at radius 3 is 1.16 bits per heavy atom. The van der Waals surface area contributed by atoms with Gasteiger partial charge in [-0.15, -0.1) is 0 Å². The molecule has 0 aliphatic carbocycles. The predicted octanol–water partition coefficient (Wildman–Crippen LogP) is 34.1. The second kappa shape index (κ2) is 30.1. The Balaban J connectivity index is 0.000000150. The van der Waals surface area contributed by atoms with E-state index in [0.717, 1.165) is 112 Å². The average Bonchev–Trinajstić information content (AvgIpc) is 1.29. The van der Waals surface area contributed by atoms with Crippen molar-refractivity contribution < 1.29 is 8.83 Å². The molecule has 6 nitrogen and oxygen atoms in total. The molecular formula is C117H90N4O2. The van der Waals surface area contributed by atoms with Crippen LogP contribution in [0.25, 0.3) is 181 Å². The molecule has 0 saturated heterocycles. The minimum Gasteiger partial charge on any atom is -0.454 e. The van der Waals surface area contributed by atoms with E-state index in [9.17, 15) is 0 Å². The van der Waals surface area contributed by atoms with Crippen molar-refractivity contribution in [3.63, 3.8) is 0 Å². The van der Waals surface area contributed by atoms with Gasteiger partial charge in [-0.25, -0.2) is 4.98 Å². The van der Waals surface area contributed by atoms with Gasteiger partial charge in [-0.3, -0.25) is 4.57 Å². The van der Waals surface area contributed by atoms with E-state index < -0.39 is 0 Å². The van der Waals surface area contributed by atoms with Gasteiger partial charge < -0.3 is 18.6 Å². The van der Waals surface area contributed by atoms with Crippen LogP contribution in [0.5, 0.6) is 0 Å². The smallest absolute Gasteiger partial charge is 0.159 e. The molecule has 0 spiro atoms. The lowest BCUT2D eigenvalue weighted by Crippen LogP contribution is -2.13. The van der Waals surface area contributed by atoms with Gasteiger partial charge in [0.25, 0.3) is 0 Å². The number of rotatable bonds is 15. The fourth-order valence-corrected chi connectivity index (χ4v) is 19.5. The SMILES string of the molecule is CC(C)c1ccc(N(c2cc(C(C)C)c3ccc4c(N(c5ccc(C(C)C)cc5)c5cccc6c5oc5ccccc56)cc(C(C)C)c5ccc2c3c54)c2cccc3c2oc2ccccc23)cc1.c1ccc(-n2c(-c3ccc(-c4ccc5c(-c6ccc7ccccc7c6)c6ccccc6c(-c6ccc7ccccc7c6)c5c4)cc3)nc3ccccc32)cc1. The first-order valence-corrected chi connectivity index (χ1v) is 43.3. The van der Waals surface area contributed by atoms with Crippen molar-refractivity contribution in [2.75, 3.05) is 9.80 Å². The number of imidazole rings is 1. The van der Waals surface area contributed by atoms with Gasteiger partial charge in [-0.2, -0.15) is 0 Å². The van der Waals surface area contributed by atoms with Crippen molar-refractivity contribution in [3.8, 4) is 50.5 Å². The normalized spacial score (nSPS) is 12.0. The Hall–Kier alpha value is -14.9. The molecule has 0 amide bonds. The molecule has 3 heterocycles. The maximum atomic E-state index is 6.86. The lowest BCUT2D eigenvalue weighted by Gasteiger charge is -2.31. The van der Waals surface area contributed by atoms with Crippen LogP contribution in [0, 0.1) is 0 Å². The first kappa shape index (κ1) is 74.4. The Morgan fingerprint density at radius 1 is 0.260 bits per heavy atom. The number of nitrogens with zero attached hydrogens (tertiary/aromatic N) is 4. The highest BCUT2D eigenvalue weighted by Crippen LogP contribution is 2.55. The van der Waals surface area contributed by atoms with E-state index in [2.05, 4.69) is 446 Å². The highest BCUT2D eigenvalue weighted by Gasteiger charge is 2.30. The number of hydrogen-bond acceptors (Lipinski definition) is 5. The monoisotopic (exact) mass is 1580 g/mol. The topological polar surface area (TPSA) is 50.6 Å². The number of fused-ring (bicyclic) bond motifs is 11. The molecular weight excluding hydrogens is 1490 g/mol. The largest absolute Gasteiger partial charge is 0.454 e. The van der Waals surface area contributed by atoms with Gasteiger partial charge in [0.15, 0.2) is 11.2 Å². The summed E-state index contributed by atoms with van der Waals surface area (Å²) in [6, 6.07) is 138. The van der Waals surface area contributed by atoms with Gasteiger partial charge in [0.1, 0.15) is 17.0 Å². The summed E-state index contributed by atoms with van der Waals surface area (Å²) in [6.07, 6.45) is 0. The lowest BCUT2D eigenvalue weighted by molar-refractivity contribution is 0.668. The summed E-state index contributed by atoms with van der Waals surface area (Å²) in [5, 5.41) is 21.9. The molecule has 0 fully saturated rings. The van der Waals surface area contributed by atoms with Gasteiger partial charge in [0.05, 0.1) is 33.8 Å². The third-order valence-corrected chi connectivity index (χ3v) is 25.7. The van der Waals surface area contributed by atoms with Crippen LogP contribution in [0.2, 0.25) is 0 Å². The fraction of sp³-hybridized carbons (Fsp3) is 0.103. The number of benzene rings is 20. The van der Waals surface area contributed by atoms with Crippen LogP contribution in [0.4, 0.5) is 34.1 Å². The molecule has 6 heteroatoms. The van der Waals surface area contributed by atoms with E-state index in [-0.39, 0.29) is 11.8 Å². The van der Waals surface area contributed by atoms with Crippen molar-refractivity contribution in [2.24, 2.45) is 0 Å². The van der Waals surface area contributed by atoms with Crippen molar-refractivity contribution in [1.29, 1.82) is 0 Å². The van der Waals surface area contributed by atoms with Crippen molar-refractivity contribution in [2.45, 2.75) is 79.1 Å². The molecule has 0 saturated carbocycles. The summed E-state index contributed by atoms with van der Waals surface area (Å²) in [5.41, 5.74) is 26.8. The average molecular weight is 1580 g/mol. The van der Waals surface area contributed by atoms with Crippen LogP contribution >= 0.6 is 0 Å². The standard InChI is InChI=1S/C64H56N2O2.C53H34N2/c1-37(2)41-23-27-43(28-24-41)65(55-19-13-17-49-45-15-9-11-21-59(45)67-63(49)55)57-35-53(39(5)6)47-32-34-52-58(36-54(40(7)8)48-31-33-51(57)61(47)62(48)52)66(44-29-25-42(26-30-44)38(3)4)56-20-14-18-50-46-16-10-12-22-60(46)68-64(50)56;1-2-16-44(17-3-1)55-50-21-11-10-20-49(50)54-53(55)38-26-22-37(23-27-38)41-30-31-47-48(34-41)52(43-29-25-36-13-5-7-15-40(36)33-43)46-19-9-8-18-45(46)51(47)42-28-24-35-12-4-6-14-39(35)32-42/h9-40H,1-8H3;1-34H. The maximum Gasteiger partial charge on any atom is 0.159 e. The molecule has 590 valence electrons. The molecule has 0 aliphatic rings. The van der Waals surface area contributed by atoms with Gasteiger partial charge in [-0.05, 0) is 247 Å². The first-order valence-electron chi connectivity index (χ1n) is 43.3. The van der Waals surface area contributed by atoms with E-state index in [1.54, 1.807) is 0 Å². The summed E-state index contributed by atoms with van der Waals surface area (Å²) in [5.74, 6) is 2.25. The molecule has 23 aromatic rings. The molecule has 23 rings (SSSR count). The van der Waals surface area contributed by atoms with E-state index in [0.29, 0.717) is 11.8 Å². The van der Waals surface area contributed by atoms with Crippen LogP contribution in [0.15, 0.2) is 385 Å². The highest BCUT2D eigenvalue weighted by atomic mass is 16.3. The zero-order valence-electron chi connectivity index (χ0n) is 70.2. The van der Waals surface area contributed by atoms with Crippen LogP contribution in [-0.4, -0.2) is 9.55 Å². The minimum absolute atomic E-state index is 0.246. The number of anilines is 6. The summed E-state index contributed by atoms with van der Waals surface area (Å²) in [6.45, 7) is 18.4. The second-order valence-electron chi connectivity index (χ2n) is 34.4. The molecule has 20 aromatic carbocycles. The van der Waals surface area contributed by atoms with Crippen molar-refractivity contribution in [3.05, 3.63) is 398 Å². The van der Waals surface area contributed by atoms with Crippen LogP contribution in [0.1, 0.15) is 101 Å². The first-order chi connectivity index (χ1) is 60.3. The molecule has 0 radical (unpaired) electrons. The Bertz CT molecular complexity index is 7810. The number of furan rings is 2. The Labute approximate surface area is 715 Å². The summed E-state index contributed by atoms with van der Waals surface area (Å²) >= 11 is 0. The van der Waals surface area contributed by atoms with Crippen LogP contribution in [0.3, 0.4) is 0 Å². The Kier molecular flexibility index (Phi) is 18.2. The number of para-hydroxylation sites is 7. The molecule has 0 unspecified atom stereocenters. The lowest BCUT2D eigenvalue weighted by atomic mass is 9.84. The van der Waals surface area contributed by atoms with Gasteiger partial charge >= 0.3 is 0 Å². The summed E-state index contributed by atoms with van der Waals surface area (Å²) in [7, 11) is 0. The zero-order valence-corrected chi connectivity index (χ0v) is 70.2. The van der Waals surface area contributed by atoms with E-state index >= 15 is 0 Å². The van der Waals surface area contributed by atoms with Crippen LogP contribution in [-0.2, 0) is 0 Å². The van der Waals surface area contributed by atoms with E-state index in [1.165, 1.54) is 125 Å². The van der Waals surface area contributed by atoms with Crippen molar-refractivity contribution >= 4 is 164 Å². The number of hydrogen-bond donors (Lipinski definition) is 0. The molecule has 0 aliphatic heterocycles. The quantitative estimate of drug-likeness (QED) is 0.0756. The molecule has 0 bridgehead atoms. The molecule has 0 atom stereocenters. The third kappa shape index (κ3) is 12.6. The third-order valence-electron chi connectivity index (χ3n) is 25.7. The van der Waals surface area contributed by atoms with Gasteiger partial charge in [-0.1, -0.05) is 328 Å². The van der Waals surface area contributed by atoms with Gasteiger partial charge in [0.2, 0.25) is 0 Å². The zero-order chi connectivity index (χ0) is 82.8. The minimum atomic E-state index is 0.246. The molecule has 123 heavy (non-hydrogen) atoms. The van der Waals surface area contributed by atoms with E-state index in [4.69, 9.17) is 13.8 Å². The van der Waals surface area contributed by atoms with Gasteiger partial charge in [0, 0.05) is 54.9 Å². The highest BCUT2D eigenvalue weighted by molar-refractivity contribution is 6.30. The molecule has 3 aromatic heterocycles.